The summed E-state index contributed by atoms with van der Waals surface area (Å²) in [5, 5.41) is 0.995. The standard InChI is InChI=1S/C14H14N2OS2/c18-13-10-12(11-4-2-1-3-5-11)15-14(19-13)16-6-8-17-9-7-16/h1-5,10H,6-9H2. The van der Waals surface area contributed by atoms with Crippen LogP contribution in [-0.4, -0.2) is 31.3 Å². The number of morpholine rings is 1. The van der Waals surface area contributed by atoms with Crippen LogP contribution in [-0.2, 0) is 4.74 Å². The molecule has 3 nitrogen and oxygen atoms in total. The quantitative estimate of drug-likeness (QED) is 0.792. The zero-order valence-corrected chi connectivity index (χ0v) is 12.0. The van der Waals surface area contributed by atoms with Crippen LogP contribution >= 0.6 is 23.6 Å². The molecule has 1 aliphatic heterocycles. The van der Waals surface area contributed by atoms with E-state index in [-0.39, 0.29) is 0 Å². The average molecular weight is 290 g/mol. The summed E-state index contributed by atoms with van der Waals surface area (Å²) in [7, 11) is 0. The van der Waals surface area contributed by atoms with Crippen LogP contribution < -0.4 is 4.90 Å². The molecule has 98 valence electrons. The number of rotatable bonds is 2. The summed E-state index contributed by atoms with van der Waals surface area (Å²) in [4.78, 5) is 7.00. The lowest BCUT2D eigenvalue weighted by Crippen LogP contribution is -2.36. The summed E-state index contributed by atoms with van der Waals surface area (Å²) in [6, 6.07) is 12.1. The molecule has 1 fully saturated rings. The molecule has 1 aromatic heterocycles. The van der Waals surface area contributed by atoms with Crippen LogP contribution in [0.3, 0.4) is 0 Å². The van der Waals surface area contributed by atoms with E-state index in [1.807, 2.05) is 24.3 Å². The molecule has 0 bridgehead atoms. The van der Waals surface area contributed by atoms with Gasteiger partial charge in [0.05, 0.1) is 22.7 Å². The normalized spacial score (nSPS) is 15.5. The first-order chi connectivity index (χ1) is 9.33. The van der Waals surface area contributed by atoms with Crippen molar-refractivity contribution >= 4 is 28.7 Å². The molecule has 0 atom stereocenters. The molecule has 0 spiro atoms. The van der Waals surface area contributed by atoms with Gasteiger partial charge >= 0.3 is 0 Å². The Morgan fingerprint density at radius 3 is 2.63 bits per heavy atom. The summed E-state index contributed by atoms with van der Waals surface area (Å²) in [5.41, 5.74) is 2.06. The van der Waals surface area contributed by atoms with E-state index in [1.165, 1.54) is 0 Å². The van der Waals surface area contributed by atoms with Crippen LogP contribution in [0.4, 0.5) is 5.13 Å². The summed E-state index contributed by atoms with van der Waals surface area (Å²) in [5.74, 6) is 0. The summed E-state index contributed by atoms with van der Waals surface area (Å²) in [6.45, 7) is 3.29. The van der Waals surface area contributed by atoms with Crippen molar-refractivity contribution in [3.63, 3.8) is 0 Å². The minimum atomic E-state index is 0.761. The predicted molar refractivity (Wildman–Crippen MR) is 81.4 cm³/mol. The van der Waals surface area contributed by atoms with Gasteiger partial charge < -0.3 is 9.64 Å². The van der Waals surface area contributed by atoms with Crippen LogP contribution in [0.15, 0.2) is 36.4 Å². The Morgan fingerprint density at radius 1 is 1.16 bits per heavy atom. The second-order valence-electron chi connectivity index (χ2n) is 4.31. The number of hydrogen-bond donors (Lipinski definition) is 0. The minimum Gasteiger partial charge on any atom is -0.378 e. The Balaban J connectivity index is 1.98. The third kappa shape index (κ3) is 3.00. The van der Waals surface area contributed by atoms with Gasteiger partial charge in [-0.3, -0.25) is 0 Å². The van der Waals surface area contributed by atoms with Crippen LogP contribution in [0.1, 0.15) is 0 Å². The van der Waals surface area contributed by atoms with Crippen molar-refractivity contribution < 1.29 is 4.74 Å². The Bertz CT molecular complexity index is 606. The monoisotopic (exact) mass is 290 g/mol. The lowest BCUT2D eigenvalue weighted by atomic mass is 10.1. The lowest BCUT2D eigenvalue weighted by molar-refractivity contribution is 0.122. The number of hydrogen-bond acceptors (Lipinski definition) is 5. The molecule has 5 heteroatoms. The average Bonchev–Trinajstić information content (AvgIpc) is 2.48. The van der Waals surface area contributed by atoms with Crippen molar-refractivity contribution in [1.29, 1.82) is 0 Å². The smallest absolute Gasteiger partial charge is 0.187 e. The molecule has 0 N–H and O–H groups in total. The van der Waals surface area contributed by atoms with Gasteiger partial charge in [0.25, 0.3) is 0 Å². The highest BCUT2D eigenvalue weighted by atomic mass is 32.1. The first-order valence-corrected chi connectivity index (χ1v) is 7.46. The maximum absolute atomic E-state index is 5.38. The number of benzene rings is 1. The van der Waals surface area contributed by atoms with Crippen LogP contribution in [0, 0.1) is 3.82 Å². The van der Waals surface area contributed by atoms with Crippen molar-refractivity contribution in [2.75, 3.05) is 31.2 Å². The zero-order valence-electron chi connectivity index (χ0n) is 10.4. The van der Waals surface area contributed by atoms with Gasteiger partial charge in [-0.25, -0.2) is 4.98 Å². The molecule has 3 rings (SSSR count). The van der Waals surface area contributed by atoms with Gasteiger partial charge in [0.1, 0.15) is 0 Å². The highest BCUT2D eigenvalue weighted by molar-refractivity contribution is 7.73. The molecule has 2 aromatic rings. The van der Waals surface area contributed by atoms with Gasteiger partial charge in [0.15, 0.2) is 5.13 Å². The van der Waals surface area contributed by atoms with Gasteiger partial charge in [-0.05, 0) is 6.07 Å². The Labute approximate surface area is 121 Å². The van der Waals surface area contributed by atoms with Gasteiger partial charge in [-0.15, -0.1) is 0 Å². The SMILES string of the molecule is S=c1cc(-c2ccccc2)nc(N2CCOCC2)s1. The van der Waals surface area contributed by atoms with Gasteiger partial charge in [0, 0.05) is 18.7 Å². The second-order valence-corrected chi connectivity index (χ2v) is 6.02. The van der Waals surface area contributed by atoms with E-state index in [2.05, 4.69) is 17.0 Å². The van der Waals surface area contributed by atoms with E-state index in [1.54, 1.807) is 11.3 Å². The molecular formula is C14H14N2OS2. The Morgan fingerprint density at radius 2 is 1.89 bits per heavy atom. The predicted octanol–water partition coefficient (Wildman–Crippen LogP) is 3.38. The minimum absolute atomic E-state index is 0.761. The molecule has 0 amide bonds. The van der Waals surface area contributed by atoms with Gasteiger partial charge in [-0.1, -0.05) is 53.9 Å². The number of nitrogens with zero attached hydrogens (tertiary/aromatic N) is 2. The topological polar surface area (TPSA) is 25.4 Å². The molecule has 1 aromatic carbocycles. The maximum atomic E-state index is 5.38. The van der Waals surface area contributed by atoms with E-state index < -0.39 is 0 Å². The van der Waals surface area contributed by atoms with Crippen molar-refractivity contribution in [1.82, 2.24) is 4.98 Å². The van der Waals surface area contributed by atoms with E-state index in [0.29, 0.717) is 0 Å². The number of ether oxygens (including phenoxy) is 1. The summed E-state index contributed by atoms with van der Waals surface area (Å²) < 4.78 is 6.25. The molecule has 1 saturated heterocycles. The van der Waals surface area contributed by atoms with Gasteiger partial charge in [-0.2, -0.15) is 0 Å². The molecule has 1 aliphatic rings. The van der Waals surface area contributed by atoms with Crippen LogP contribution in [0.5, 0.6) is 0 Å². The first kappa shape index (κ1) is 12.7. The van der Waals surface area contributed by atoms with E-state index in [0.717, 1.165) is 46.5 Å². The lowest BCUT2D eigenvalue weighted by Gasteiger charge is -2.27. The van der Waals surface area contributed by atoms with Crippen molar-refractivity contribution in [2.24, 2.45) is 0 Å². The highest BCUT2D eigenvalue weighted by Crippen LogP contribution is 2.25. The van der Waals surface area contributed by atoms with Crippen molar-refractivity contribution in [3.8, 4) is 11.3 Å². The van der Waals surface area contributed by atoms with Gasteiger partial charge in [0.2, 0.25) is 0 Å². The third-order valence-electron chi connectivity index (χ3n) is 3.01. The molecule has 19 heavy (non-hydrogen) atoms. The molecular weight excluding hydrogens is 276 g/mol. The number of aromatic nitrogens is 1. The van der Waals surface area contributed by atoms with E-state index in [9.17, 15) is 0 Å². The van der Waals surface area contributed by atoms with Crippen molar-refractivity contribution in [3.05, 3.63) is 40.2 Å². The Kier molecular flexibility index (Phi) is 3.87. The fraction of sp³-hybridized carbons (Fsp3) is 0.286. The largest absolute Gasteiger partial charge is 0.378 e. The second kappa shape index (κ2) is 5.77. The zero-order chi connectivity index (χ0) is 13.1. The fourth-order valence-electron chi connectivity index (χ4n) is 2.04. The molecule has 0 saturated carbocycles. The van der Waals surface area contributed by atoms with Crippen molar-refractivity contribution in [2.45, 2.75) is 0 Å². The number of anilines is 1. The summed E-state index contributed by atoms with van der Waals surface area (Å²) >= 11 is 6.94. The molecule has 0 unspecified atom stereocenters. The third-order valence-corrected chi connectivity index (χ3v) is 4.23. The highest BCUT2D eigenvalue weighted by Gasteiger charge is 2.14. The molecule has 0 aliphatic carbocycles. The molecule has 2 heterocycles. The van der Waals surface area contributed by atoms with Crippen LogP contribution in [0.25, 0.3) is 11.3 Å². The van der Waals surface area contributed by atoms with Crippen LogP contribution in [0.2, 0.25) is 0 Å². The summed E-state index contributed by atoms with van der Waals surface area (Å²) in [6.07, 6.45) is 0. The first-order valence-electron chi connectivity index (χ1n) is 6.23. The van der Waals surface area contributed by atoms with E-state index in [4.69, 9.17) is 21.9 Å². The fourth-order valence-corrected chi connectivity index (χ4v) is 3.18. The maximum Gasteiger partial charge on any atom is 0.187 e. The Hall–Kier alpha value is -1.30. The molecule has 0 radical (unpaired) electrons. The van der Waals surface area contributed by atoms with E-state index >= 15 is 0 Å².